The standard InChI is InChI=1S/C17H17ClN2O4S.2ClH/c1-10-15(16(21)20-7-6-11(8-20)17(22)23)25-14(19-10)9-24-13-4-2-12(18)3-5-13;;/h2-5,11H,6-9H2,1H3,(H,22,23);2*1H. The highest BCUT2D eigenvalue weighted by Gasteiger charge is 2.32. The molecule has 1 aliphatic heterocycles. The van der Waals surface area contributed by atoms with Crippen molar-refractivity contribution in [3.8, 4) is 5.75 Å². The van der Waals surface area contributed by atoms with Gasteiger partial charge in [-0.15, -0.1) is 36.2 Å². The zero-order chi connectivity index (χ0) is 18.0. The lowest BCUT2D eigenvalue weighted by molar-refractivity contribution is -0.141. The lowest BCUT2D eigenvalue weighted by Gasteiger charge is -2.14. The molecular weight excluding hydrogens is 435 g/mol. The molecule has 0 bridgehead atoms. The van der Waals surface area contributed by atoms with Crippen molar-refractivity contribution in [3.05, 3.63) is 44.9 Å². The fourth-order valence-electron chi connectivity index (χ4n) is 2.68. The first-order chi connectivity index (χ1) is 11.9. The molecule has 1 saturated heterocycles. The van der Waals surface area contributed by atoms with Gasteiger partial charge in [-0.1, -0.05) is 11.6 Å². The lowest BCUT2D eigenvalue weighted by atomic mass is 10.1. The number of aliphatic carboxylic acids is 1. The van der Waals surface area contributed by atoms with Gasteiger partial charge >= 0.3 is 5.97 Å². The first-order valence-electron chi connectivity index (χ1n) is 7.81. The Hall–Kier alpha value is -1.54. The van der Waals surface area contributed by atoms with E-state index in [-0.39, 0.29) is 43.9 Å². The molecule has 2 aromatic rings. The van der Waals surface area contributed by atoms with Crippen LogP contribution in [0, 0.1) is 12.8 Å². The molecule has 1 aromatic heterocycles. The van der Waals surface area contributed by atoms with Gasteiger partial charge in [0.25, 0.3) is 5.91 Å². The average molecular weight is 454 g/mol. The van der Waals surface area contributed by atoms with E-state index in [0.717, 1.165) is 0 Å². The van der Waals surface area contributed by atoms with Gasteiger partial charge in [-0.3, -0.25) is 9.59 Å². The molecule has 2 heterocycles. The largest absolute Gasteiger partial charge is 0.486 e. The summed E-state index contributed by atoms with van der Waals surface area (Å²) in [5.74, 6) is -0.816. The molecule has 1 atom stereocenters. The molecule has 6 nitrogen and oxygen atoms in total. The molecule has 3 rings (SSSR count). The number of hydrogen-bond acceptors (Lipinski definition) is 5. The Kier molecular flexibility index (Phi) is 8.81. The third kappa shape index (κ3) is 5.72. The number of carboxylic acids is 1. The van der Waals surface area contributed by atoms with Crippen LogP contribution in [-0.4, -0.2) is 40.0 Å². The van der Waals surface area contributed by atoms with E-state index in [1.165, 1.54) is 11.3 Å². The molecule has 0 spiro atoms. The highest BCUT2D eigenvalue weighted by molar-refractivity contribution is 7.13. The number of aryl methyl sites for hydroxylation is 1. The second kappa shape index (κ2) is 10.1. The van der Waals surface area contributed by atoms with Crippen molar-refractivity contribution >= 4 is 59.6 Å². The second-order valence-electron chi connectivity index (χ2n) is 5.84. The summed E-state index contributed by atoms with van der Waals surface area (Å²) in [6.45, 7) is 2.75. The number of likely N-dealkylation sites (tertiary alicyclic amines) is 1. The highest BCUT2D eigenvalue weighted by Crippen LogP contribution is 2.25. The second-order valence-corrected chi connectivity index (χ2v) is 7.36. The summed E-state index contributed by atoms with van der Waals surface area (Å²) in [4.78, 5) is 30.2. The van der Waals surface area contributed by atoms with Gasteiger partial charge in [-0.25, -0.2) is 4.98 Å². The number of thiazole rings is 1. The maximum Gasteiger partial charge on any atom is 0.308 e. The Labute approximate surface area is 178 Å². The maximum atomic E-state index is 12.6. The summed E-state index contributed by atoms with van der Waals surface area (Å²) >= 11 is 7.12. The summed E-state index contributed by atoms with van der Waals surface area (Å²) in [5, 5.41) is 10.4. The predicted octanol–water partition coefficient (Wildman–Crippen LogP) is 4.07. The zero-order valence-electron chi connectivity index (χ0n) is 14.4. The van der Waals surface area contributed by atoms with E-state index in [4.69, 9.17) is 21.4 Å². The molecular formula is C17H19Cl3N2O4S. The third-order valence-corrected chi connectivity index (χ3v) is 5.41. The number of carbonyl (C=O) groups is 2. The smallest absolute Gasteiger partial charge is 0.308 e. The molecule has 0 radical (unpaired) electrons. The molecule has 1 unspecified atom stereocenters. The van der Waals surface area contributed by atoms with E-state index in [9.17, 15) is 9.59 Å². The van der Waals surface area contributed by atoms with Crippen LogP contribution in [0.2, 0.25) is 5.02 Å². The predicted molar refractivity (Wildman–Crippen MR) is 109 cm³/mol. The van der Waals surface area contributed by atoms with E-state index >= 15 is 0 Å². The van der Waals surface area contributed by atoms with Gasteiger partial charge in [0, 0.05) is 18.1 Å². The van der Waals surface area contributed by atoms with Crippen LogP contribution >= 0.6 is 47.8 Å². The van der Waals surface area contributed by atoms with Crippen LogP contribution in [0.25, 0.3) is 0 Å². The van der Waals surface area contributed by atoms with Crippen LogP contribution in [0.5, 0.6) is 5.75 Å². The molecule has 1 amide bonds. The summed E-state index contributed by atoms with van der Waals surface area (Å²) in [7, 11) is 0. The Bertz CT molecular complexity index is 798. The van der Waals surface area contributed by atoms with Crippen molar-refractivity contribution in [1.29, 1.82) is 0 Å². The minimum Gasteiger partial charge on any atom is -0.486 e. The molecule has 1 aliphatic rings. The van der Waals surface area contributed by atoms with Gasteiger partial charge in [0.2, 0.25) is 0 Å². The fraction of sp³-hybridized carbons (Fsp3) is 0.353. The van der Waals surface area contributed by atoms with Gasteiger partial charge in [0.05, 0.1) is 11.6 Å². The zero-order valence-corrected chi connectivity index (χ0v) is 17.6. The first-order valence-corrected chi connectivity index (χ1v) is 9.00. The van der Waals surface area contributed by atoms with Crippen molar-refractivity contribution in [3.63, 3.8) is 0 Å². The van der Waals surface area contributed by atoms with E-state index in [1.807, 2.05) is 0 Å². The van der Waals surface area contributed by atoms with Crippen LogP contribution in [0.4, 0.5) is 0 Å². The number of ether oxygens (including phenoxy) is 1. The number of rotatable bonds is 5. The maximum absolute atomic E-state index is 12.6. The molecule has 148 valence electrons. The first kappa shape index (κ1) is 23.5. The molecule has 0 aliphatic carbocycles. The Balaban J connectivity index is 0.00000182. The number of carbonyl (C=O) groups excluding carboxylic acids is 1. The minimum absolute atomic E-state index is 0. The monoisotopic (exact) mass is 452 g/mol. The topological polar surface area (TPSA) is 79.7 Å². The van der Waals surface area contributed by atoms with Crippen molar-refractivity contribution in [1.82, 2.24) is 9.88 Å². The minimum atomic E-state index is -0.853. The molecule has 27 heavy (non-hydrogen) atoms. The van der Waals surface area contributed by atoms with Crippen molar-refractivity contribution < 1.29 is 19.4 Å². The summed E-state index contributed by atoms with van der Waals surface area (Å²) in [6, 6.07) is 7.02. The van der Waals surface area contributed by atoms with Crippen molar-refractivity contribution in [2.75, 3.05) is 13.1 Å². The molecule has 1 N–H and O–H groups in total. The highest BCUT2D eigenvalue weighted by atomic mass is 35.5. The summed E-state index contributed by atoms with van der Waals surface area (Å²) < 4.78 is 5.66. The molecule has 10 heteroatoms. The van der Waals surface area contributed by atoms with Crippen molar-refractivity contribution in [2.24, 2.45) is 5.92 Å². The van der Waals surface area contributed by atoms with Gasteiger partial charge in [0.15, 0.2) is 0 Å². The number of amides is 1. The van der Waals surface area contributed by atoms with Gasteiger partial charge < -0.3 is 14.7 Å². The normalized spacial score (nSPS) is 15.6. The van der Waals surface area contributed by atoms with E-state index in [2.05, 4.69) is 4.98 Å². The molecule has 1 fully saturated rings. The Morgan fingerprint density at radius 2 is 2.00 bits per heavy atom. The van der Waals surface area contributed by atoms with Crippen molar-refractivity contribution in [2.45, 2.75) is 20.0 Å². The number of aromatic nitrogens is 1. The number of halogens is 3. The molecule has 0 saturated carbocycles. The Morgan fingerprint density at radius 1 is 1.33 bits per heavy atom. The number of carboxylic acid groups (broad SMARTS) is 1. The summed E-state index contributed by atoms with van der Waals surface area (Å²) in [5.41, 5.74) is 0.642. The quantitative estimate of drug-likeness (QED) is 0.738. The third-order valence-electron chi connectivity index (χ3n) is 4.04. The van der Waals surface area contributed by atoms with E-state index < -0.39 is 11.9 Å². The van der Waals surface area contributed by atoms with Gasteiger partial charge in [-0.2, -0.15) is 0 Å². The SMILES string of the molecule is Cc1nc(COc2ccc(Cl)cc2)sc1C(=O)N1CCC(C(=O)O)C1.Cl.Cl. The summed E-state index contributed by atoms with van der Waals surface area (Å²) in [6.07, 6.45) is 0.492. The van der Waals surface area contributed by atoms with Gasteiger partial charge in [-0.05, 0) is 37.6 Å². The van der Waals surface area contributed by atoms with E-state index in [1.54, 1.807) is 36.1 Å². The van der Waals surface area contributed by atoms with E-state index in [0.29, 0.717) is 39.3 Å². The van der Waals surface area contributed by atoms with Crippen LogP contribution < -0.4 is 4.74 Å². The lowest BCUT2D eigenvalue weighted by Crippen LogP contribution is -2.29. The van der Waals surface area contributed by atoms with Crippen LogP contribution in [0.3, 0.4) is 0 Å². The Morgan fingerprint density at radius 3 is 2.59 bits per heavy atom. The number of nitrogens with zero attached hydrogens (tertiary/aromatic N) is 2. The number of benzene rings is 1. The van der Waals surface area contributed by atoms with Crippen LogP contribution in [0.1, 0.15) is 26.8 Å². The number of hydrogen-bond donors (Lipinski definition) is 1. The van der Waals surface area contributed by atoms with Crippen LogP contribution in [-0.2, 0) is 11.4 Å². The molecule has 1 aromatic carbocycles. The average Bonchev–Trinajstić information content (AvgIpc) is 3.21. The van der Waals surface area contributed by atoms with Gasteiger partial charge in [0.1, 0.15) is 22.2 Å². The van der Waals surface area contributed by atoms with Crippen LogP contribution in [0.15, 0.2) is 24.3 Å². The fourth-order valence-corrected chi connectivity index (χ4v) is 3.75.